The Hall–Kier alpha value is -7.02. The third kappa shape index (κ3) is 9.43. The van der Waals surface area contributed by atoms with Crippen molar-refractivity contribution in [3.63, 3.8) is 0 Å². The Morgan fingerprint density at radius 2 is 1.63 bits per heavy atom. The molecule has 1 aromatic heterocycles. The zero-order valence-corrected chi connectivity index (χ0v) is 37.4. The third-order valence-corrected chi connectivity index (χ3v) is 14.6. The molecule has 3 N–H and O–H groups in total. The summed E-state index contributed by atoms with van der Waals surface area (Å²) in [5.74, 6) is -3.61. The molecule has 21 heteroatoms. The number of hydrogen-bond acceptors (Lipinski definition) is 12. The first kappa shape index (κ1) is 46.1. The first-order valence-electron chi connectivity index (χ1n) is 22.2. The van der Waals surface area contributed by atoms with E-state index in [0.717, 1.165) is 22.1 Å². The van der Waals surface area contributed by atoms with Gasteiger partial charge in [0.1, 0.15) is 35.7 Å². The van der Waals surface area contributed by atoms with Crippen molar-refractivity contribution in [2.24, 2.45) is 0 Å². The van der Waals surface area contributed by atoms with Crippen molar-refractivity contribution in [1.29, 1.82) is 5.26 Å². The van der Waals surface area contributed by atoms with Gasteiger partial charge in [-0.15, -0.1) is 0 Å². The number of rotatable bonds is 11. The zero-order chi connectivity index (χ0) is 47.9. The topological polar surface area (TPSA) is 211 Å². The SMILES string of the molecule is N#Cc1c(NS(=O)(=O)N2CC[C@@H](F)C2)ccc(F)c1Oc1ccc2ncn(-c3ccc(N4CCN(C(=O)CC5(O)CCN(c6ccc(C7CCC(=O)NC7=O)cc6F)CC5)CC4)cc3)c(=O)c2c1. The molecule has 4 aliphatic rings. The summed E-state index contributed by atoms with van der Waals surface area (Å²) in [6, 6.07) is 19.9. The van der Waals surface area contributed by atoms with E-state index >= 15 is 8.78 Å². The minimum atomic E-state index is -4.26. The van der Waals surface area contributed by atoms with Crippen molar-refractivity contribution >= 4 is 55.9 Å². The highest BCUT2D eigenvalue weighted by Crippen LogP contribution is 2.36. The van der Waals surface area contributed by atoms with Crippen LogP contribution in [-0.2, 0) is 24.6 Å². The van der Waals surface area contributed by atoms with Gasteiger partial charge in [0, 0.05) is 64.5 Å². The number of amides is 3. The molecule has 17 nitrogen and oxygen atoms in total. The molecule has 68 heavy (non-hydrogen) atoms. The molecule has 0 radical (unpaired) electrons. The van der Waals surface area contributed by atoms with E-state index in [1.54, 1.807) is 35.2 Å². The number of benzene rings is 4. The molecule has 0 aliphatic carbocycles. The summed E-state index contributed by atoms with van der Waals surface area (Å²) >= 11 is 0. The van der Waals surface area contributed by atoms with Gasteiger partial charge in [0.25, 0.3) is 5.56 Å². The highest BCUT2D eigenvalue weighted by atomic mass is 32.2. The first-order chi connectivity index (χ1) is 32.6. The van der Waals surface area contributed by atoms with Crippen LogP contribution in [0.15, 0.2) is 83.9 Å². The lowest BCUT2D eigenvalue weighted by molar-refractivity contribution is -0.138. The van der Waals surface area contributed by atoms with E-state index in [-0.39, 0.29) is 73.8 Å². The predicted molar refractivity (Wildman–Crippen MR) is 243 cm³/mol. The number of fused-ring (bicyclic) bond motifs is 1. The molecule has 0 saturated carbocycles. The van der Waals surface area contributed by atoms with E-state index < -0.39 is 62.3 Å². The van der Waals surface area contributed by atoms with Gasteiger partial charge in [-0.3, -0.25) is 33.8 Å². The fourth-order valence-electron chi connectivity index (χ4n) is 9.21. The standard InChI is InChI=1S/C47H46F3N9O8S/c48-30-13-16-58(27-30)68(65,66)54-40-10-8-37(49)44(36(40)26-51)67-33-6-9-39-35(24-33)46(63)59(28-52-39)32-4-2-31(3-5-32)55-19-21-57(22-20-55)43(61)25-47(64)14-17-56(18-15-47)41-11-1-29(23-38(41)50)34-7-12-42(60)53-45(34)62/h1-6,8-11,23-24,28,30,34,54,64H,7,12-22,25,27H2,(H,53,60,62)/t30-,34?/m1/s1. The molecule has 354 valence electrons. The van der Waals surface area contributed by atoms with Gasteiger partial charge in [0.05, 0.1) is 45.9 Å². The first-order valence-corrected chi connectivity index (χ1v) is 23.6. The normalized spacial score (nSPS) is 20.0. The number of hydrogen-bond donors (Lipinski definition) is 3. The Balaban J connectivity index is 0.800. The van der Waals surface area contributed by atoms with E-state index in [1.165, 1.54) is 35.2 Å². The van der Waals surface area contributed by atoms with E-state index in [9.17, 15) is 42.4 Å². The molecular weight excluding hydrogens is 908 g/mol. The fourth-order valence-corrected chi connectivity index (χ4v) is 10.5. The van der Waals surface area contributed by atoms with Gasteiger partial charge in [-0.25, -0.2) is 18.2 Å². The molecule has 0 bridgehead atoms. The minimum Gasteiger partial charge on any atom is -0.453 e. The summed E-state index contributed by atoms with van der Waals surface area (Å²) in [5.41, 5.74) is 0.0605. The van der Waals surface area contributed by atoms with Crippen molar-refractivity contribution in [2.75, 3.05) is 66.9 Å². The molecule has 5 aromatic rings. The summed E-state index contributed by atoms with van der Waals surface area (Å²) < 4.78 is 80.3. The Morgan fingerprint density at radius 1 is 0.897 bits per heavy atom. The van der Waals surface area contributed by atoms with Gasteiger partial charge in [-0.2, -0.15) is 18.0 Å². The molecule has 4 aliphatic heterocycles. The van der Waals surface area contributed by atoms with Gasteiger partial charge >= 0.3 is 10.2 Å². The zero-order valence-electron chi connectivity index (χ0n) is 36.5. The maximum Gasteiger partial charge on any atom is 0.301 e. The number of halogens is 3. The van der Waals surface area contributed by atoms with Crippen LogP contribution >= 0.6 is 0 Å². The van der Waals surface area contributed by atoms with Crippen LogP contribution in [-0.4, -0.2) is 114 Å². The van der Waals surface area contributed by atoms with Crippen LogP contribution in [0.3, 0.4) is 0 Å². The monoisotopic (exact) mass is 953 g/mol. The minimum absolute atomic E-state index is 0.0256. The van der Waals surface area contributed by atoms with Gasteiger partial charge < -0.3 is 24.5 Å². The van der Waals surface area contributed by atoms with Crippen LogP contribution in [0.4, 0.5) is 30.2 Å². The van der Waals surface area contributed by atoms with Crippen molar-refractivity contribution in [1.82, 2.24) is 24.1 Å². The molecule has 4 fully saturated rings. The van der Waals surface area contributed by atoms with Crippen molar-refractivity contribution in [3.8, 4) is 23.3 Å². The second-order valence-electron chi connectivity index (χ2n) is 17.4. The Labute approximate surface area is 388 Å². The number of imide groups is 1. The lowest BCUT2D eigenvalue weighted by atomic mass is 9.87. The largest absolute Gasteiger partial charge is 0.453 e. The summed E-state index contributed by atoms with van der Waals surface area (Å²) in [5, 5.41) is 23.8. The number of piperazine rings is 1. The van der Waals surface area contributed by atoms with E-state index in [1.807, 2.05) is 17.0 Å². The molecule has 9 rings (SSSR count). The Bertz CT molecular complexity index is 3030. The average Bonchev–Trinajstić information content (AvgIpc) is 3.78. The lowest BCUT2D eigenvalue weighted by Crippen LogP contribution is -2.52. The van der Waals surface area contributed by atoms with Gasteiger partial charge in [0.2, 0.25) is 17.7 Å². The molecule has 0 spiro atoms. The summed E-state index contributed by atoms with van der Waals surface area (Å²) in [6.07, 6.45) is 1.04. The van der Waals surface area contributed by atoms with Crippen molar-refractivity contribution in [3.05, 3.63) is 112 Å². The summed E-state index contributed by atoms with van der Waals surface area (Å²) in [6.45, 7) is 2.14. The quantitative estimate of drug-likeness (QED) is 0.155. The molecule has 1 unspecified atom stereocenters. The fraction of sp³-hybridized carbons (Fsp3) is 0.362. The van der Waals surface area contributed by atoms with Crippen LogP contribution < -0.4 is 30.1 Å². The molecular formula is C47H46F3N9O8S. The number of alkyl halides is 1. The lowest BCUT2D eigenvalue weighted by Gasteiger charge is -2.41. The number of nitrogens with zero attached hydrogens (tertiary/aromatic N) is 7. The number of anilines is 3. The van der Waals surface area contributed by atoms with Crippen LogP contribution in [0, 0.1) is 23.0 Å². The summed E-state index contributed by atoms with van der Waals surface area (Å²) in [4.78, 5) is 61.2. The number of aromatic nitrogens is 2. The van der Waals surface area contributed by atoms with E-state index in [4.69, 9.17) is 4.74 Å². The number of aliphatic hydroxyl groups is 1. The second-order valence-corrected chi connectivity index (χ2v) is 19.1. The number of ether oxygens (including phenoxy) is 1. The van der Waals surface area contributed by atoms with E-state index in [2.05, 4.69) is 19.9 Å². The van der Waals surface area contributed by atoms with Crippen molar-refractivity contribution < 1.29 is 45.8 Å². The molecule has 2 atom stereocenters. The number of carbonyl (C=O) groups is 3. The number of nitrogens with one attached hydrogen (secondary N) is 2. The van der Waals surface area contributed by atoms with Crippen LogP contribution in [0.2, 0.25) is 0 Å². The van der Waals surface area contributed by atoms with Gasteiger partial charge in [0.15, 0.2) is 11.6 Å². The highest BCUT2D eigenvalue weighted by molar-refractivity contribution is 7.90. The molecule has 4 aromatic carbocycles. The number of nitriles is 1. The maximum absolute atomic E-state index is 15.3. The van der Waals surface area contributed by atoms with Crippen LogP contribution in [0.25, 0.3) is 16.6 Å². The van der Waals surface area contributed by atoms with Gasteiger partial charge in [-0.05, 0) is 98.0 Å². The molecule has 4 saturated heterocycles. The Kier molecular flexibility index (Phi) is 12.6. The van der Waals surface area contributed by atoms with E-state index in [0.29, 0.717) is 68.1 Å². The van der Waals surface area contributed by atoms with Crippen LogP contribution in [0.1, 0.15) is 55.6 Å². The van der Waals surface area contributed by atoms with Gasteiger partial charge in [-0.1, -0.05) is 6.07 Å². The summed E-state index contributed by atoms with van der Waals surface area (Å²) in [7, 11) is -4.26. The average molecular weight is 954 g/mol. The van der Waals surface area contributed by atoms with Crippen LogP contribution in [0.5, 0.6) is 11.5 Å². The number of piperidine rings is 2. The Morgan fingerprint density at radius 3 is 2.31 bits per heavy atom. The molecule has 3 amide bonds. The maximum atomic E-state index is 15.3. The third-order valence-electron chi connectivity index (χ3n) is 13.1. The molecule has 5 heterocycles. The predicted octanol–water partition coefficient (Wildman–Crippen LogP) is 4.62. The smallest absolute Gasteiger partial charge is 0.301 e. The number of carbonyl (C=O) groups excluding carboxylic acids is 3. The van der Waals surface area contributed by atoms with Crippen molar-refractivity contribution in [2.45, 2.75) is 56.2 Å². The highest BCUT2D eigenvalue weighted by Gasteiger charge is 2.38. The second kappa shape index (κ2) is 18.6.